The Morgan fingerprint density at radius 3 is 1.31 bits per heavy atom. The van der Waals surface area contributed by atoms with Crippen LogP contribution in [0.1, 0.15) is 36.5 Å². The molecule has 1 aliphatic heterocycles. The number of hydrogen-bond donors (Lipinski definition) is 0. The zero-order valence-electron chi connectivity index (χ0n) is 15.5. The Hall–Kier alpha value is -2.38. The van der Waals surface area contributed by atoms with Gasteiger partial charge in [0.15, 0.2) is 0 Å². The van der Waals surface area contributed by atoms with E-state index in [-0.39, 0.29) is 5.54 Å². The molecular weight excluding hydrogens is 314 g/mol. The van der Waals surface area contributed by atoms with Crippen LogP contribution in [0.25, 0.3) is 0 Å². The summed E-state index contributed by atoms with van der Waals surface area (Å²) in [7, 11) is 0. The van der Waals surface area contributed by atoms with Crippen LogP contribution in [-0.2, 0) is 5.54 Å². The van der Waals surface area contributed by atoms with Gasteiger partial charge in [0, 0.05) is 0 Å². The fourth-order valence-corrected chi connectivity index (χ4v) is 4.43. The standard InChI is InChI=1S/C25H27N/c1-21-17-19-26(20-18-21)25(22-11-5-2-6-12-22,23-13-7-3-8-14-23)24-15-9-4-10-16-24/h2-16,21H,17-20H2,1H3. The van der Waals surface area contributed by atoms with E-state index in [0.29, 0.717) is 0 Å². The number of nitrogens with zero attached hydrogens (tertiary/aromatic N) is 1. The largest absolute Gasteiger partial charge is 0.286 e. The molecule has 0 atom stereocenters. The minimum absolute atomic E-state index is 0.232. The van der Waals surface area contributed by atoms with Gasteiger partial charge in [-0.05, 0) is 48.5 Å². The molecule has 1 fully saturated rings. The fraction of sp³-hybridized carbons (Fsp3) is 0.280. The van der Waals surface area contributed by atoms with Crippen LogP contribution in [-0.4, -0.2) is 18.0 Å². The third-order valence-corrected chi connectivity index (χ3v) is 5.83. The maximum Gasteiger partial charge on any atom is 0.0972 e. The molecule has 1 heteroatoms. The van der Waals surface area contributed by atoms with Crippen molar-refractivity contribution in [1.82, 2.24) is 4.90 Å². The molecular formula is C25H27N. The van der Waals surface area contributed by atoms with Gasteiger partial charge in [0.1, 0.15) is 0 Å². The number of rotatable bonds is 4. The lowest BCUT2D eigenvalue weighted by Gasteiger charge is -2.48. The van der Waals surface area contributed by atoms with Crippen molar-refractivity contribution in [2.75, 3.05) is 13.1 Å². The zero-order valence-corrected chi connectivity index (χ0v) is 15.5. The molecule has 0 bridgehead atoms. The highest BCUT2D eigenvalue weighted by molar-refractivity contribution is 5.49. The van der Waals surface area contributed by atoms with Gasteiger partial charge in [-0.3, -0.25) is 4.90 Å². The predicted molar refractivity (Wildman–Crippen MR) is 109 cm³/mol. The molecule has 0 radical (unpaired) electrons. The molecule has 3 aromatic rings. The topological polar surface area (TPSA) is 3.24 Å². The van der Waals surface area contributed by atoms with Gasteiger partial charge < -0.3 is 0 Å². The molecule has 1 aliphatic rings. The van der Waals surface area contributed by atoms with Crippen LogP contribution >= 0.6 is 0 Å². The van der Waals surface area contributed by atoms with Crippen molar-refractivity contribution in [3.63, 3.8) is 0 Å². The zero-order chi connectivity index (χ0) is 17.8. The SMILES string of the molecule is CC1CCN(C(c2ccccc2)(c2ccccc2)c2ccccc2)CC1. The quantitative estimate of drug-likeness (QED) is 0.549. The lowest BCUT2D eigenvalue weighted by atomic mass is 9.74. The van der Waals surface area contributed by atoms with Crippen molar-refractivity contribution in [3.8, 4) is 0 Å². The van der Waals surface area contributed by atoms with E-state index in [1.54, 1.807) is 0 Å². The summed E-state index contributed by atoms with van der Waals surface area (Å²) in [6.07, 6.45) is 2.52. The normalized spacial score (nSPS) is 16.5. The summed E-state index contributed by atoms with van der Waals surface area (Å²) >= 11 is 0. The van der Waals surface area contributed by atoms with E-state index in [1.165, 1.54) is 29.5 Å². The Morgan fingerprint density at radius 1 is 0.615 bits per heavy atom. The molecule has 0 unspecified atom stereocenters. The number of hydrogen-bond acceptors (Lipinski definition) is 1. The summed E-state index contributed by atoms with van der Waals surface area (Å²) in [5, 5.41) is 0. The van der Waals surface area contributed by atoms with Crippen LogP contribution in [0.3, 0.4) is 0 Å². The van der Waals surface area contributed by atoms with Gasteiger partial charge in [-0.15, -0.1) is 0 Å². The number of benzene rings is 3. The molecule has 3 aromatic carbocycles. The van der Waals surface area contributed by atoms with Crippen LogP contribution < -0.4 is 0 Å². The molecule has 0 N–H and O–H groups in total. The second kappa shape index (κ2) is 7.47. The van der Waals surface area contributed by atoms with E-state index in [9.17, 15) is 0 Å². The molecule has 0 spiro atoms. The summed E-state index contributed by atoms with van der Waals surface area (Å²) in [6.45, 7) is 4.63. The van der Waals surface area contributed by atoms with E-state index in [1.807, 2.05) is 0 Å². The summed E-state index contributed by atoms with van der Waals surface area (Å²) in [5.41, 5.74) is 3.83. The van der Waals surface area contributed by atoms with Crippen molar-refractivity contribution >= 4 is 0 Å². The number of piperidine rings is 1. The van der Waals surface area contributed by atoms with Gasteiger partial charge in [0.05, 0.1) is 5.54 Å². The van der Waals surface area contributed by atoms with Crippen molar-refractivity contribution < 1.29 is 0 Å². The Bertz CT molecular complexity index is 706. The first-order valence-corrected chi connectivity index (χ1v) is 9.73. The van der Waals surface area contributed by atoms with E-state index in [2.05, 4.69) is 103 Å². The minimum atomic E-state index is -0.232. The molecule has 0 amide bonds. The van der Waals surface area contributed by atoms with Crippen molar-refractivity contribution in [2.45, 2.75) is 25.3 Å². The molecule has 1 saturated heterocycles. The summed E-state index contributed by atoms with van der Waals surface area (Å²) in [6, 6.07) is 33.1. The summed E-state index contributed by atoms with van der Waals surface area (Å²) in [5.74, 6) is 0.811. The lowest BCUT2D eigenvalue weighted by Crippen LogP contribution is -2.51. The first-order chi connectivity index (χ1) is 12.8. The van der Waals surface area contributed by atoms with Gasteiger partial charge in [0.2, 0.25) is 0 Å². The van der Waals surface area contributed by atoms with Crippen LogP contribution in [0.5, 0.6) is 0 Å². The Labute approximate surface area is 157 Å². The average Bonchev–Trinajstić information content (AvgIpc) is 2.72. The Balaban J connectivity index is 1.97. The van der Waals surface area contributed by atoms with Crippen LogP contribution in [0.2, 0.25) is 0 Å². The number of likely N-dealkylation sites (tertiary alicyclic amines) is 1. The predicted octanol–water partition coefficient (Wildman–Crippen LogP) is 5.71. The molecule has 1 heterocycles. The van der Waals surface area contributed by atoms with Gasteiger partial charge in [-0.2, -0.15) is 0 Å². The lowest BCUT2D eigenvalue weighted by molar-refractivity contribution is 0.106. The Morgan fingerprint density at radius 2 is 0.962 bits per heavy atom. The van der Waals surface area contributed by atoms with Gasteiger partial charge in [-0.25, -0.2) is 0 Å². The smallest absolute Gasteiger partial charge is 0.0972 e. The molecule has 26 heavy (non-hydrogen) atoms. The molecule has 132 valence electrons. The van der Waals surface area contributed by atoms with Crippen LogP contribution in [0.4, 0.5) is 0 Å². The van der Waals surface area contributed by atoms with Gasteiger partial charge >= 0.3 is 0 Å². The molecule has 1 nitrogen and oxygen atoms in total. The molecule has 0 saturated carbocycles. The highest BCUT2D eigenvalue weighted by Gasteiger charge is 2.42. The van der Waals surface area contributed by atoms with E-state index >= 15 is 0 Å². The van der Waals surface area contributed by atoms with E-state index in [4.69, 9.17) is 0 Å². The second-order valence-corrected chi connectivity index (χ2v) is 7.48. The maximum atomic E-state index is 2.70. The highest BCUT2D eigenvalue weighted by atomic mass is 15.2. The second-order valence-electron chi connectivity index (χ2n) is 7.48. The molecule has 4 rings (SSSR count). The Kier molecular flexibility index (Phi) is 4.90. The monoisotopic (exact) mass is 341 g/mol. The van der Waals surface area contributed by atoms with E-state index < -0.39 is 0 Å². The van der Waals surface area contributed by atoms with Crippen molar-refractivity contribution in [1.29, 1.82) is 0 Å². The van der Waals surface area contributed by atoms with Gasteiger partial charge in [-0.1, -0.05) is 97.9 Å². The third kappa shape index (κ3) is 2.97. The van der Waals surface area contributed by atoms with Gasteiger partial charge in [0.25, 0.3) is 0 Å². The summed E-state index contributed by atoms with van der Waals surface area (Å²) < 4.78 is 0. The van der Waals surface area contributed by atoms with Crippen molar-refractivity contribution in [2.24, 2.45) is 5.92 Å². The average molecular weight is 341 g/mol. The highest BCUT2D eigenvalue weighted by Crippen LogP contribution is 2.43. The van der Waals surface area contributed by atoms with Crippen molar-refractivity contribution in [3.05, 3.63) is 108 Å². The first-order valence-electron chi connectivity index (χ1n) is 9.73. The fourth-order valence-electron chi connectivity index (χ4n) is 4.43. The first kappa shape index (κ1) is 17.1. The van der Waals surface area contributed by atoms with Crippen LogP contribution in [0.15, 0.2) is 91.0 Å². The molecule has 0 aliphatic carbocycles. The van der Waals surface area contributed by atoms with Crippen LogP contribution in [0, 0.1) is 5.92 Å². The minimum Gasteiger partial charge on any atom is -0.286 e. The maximum absolute atomic E-state index is 2.70. The molecule has 0 aromatic heterocycles. The summed E-state index contributed by atoms with van der Waals surface area (Å²) in [4.78, 5) is 2.70. The van der Waals surface area contributed by atoms with E-state index in [0.717, 1.165) is 19.0 Å². The third-order valence-electron chi connectivity index (χ3n) is 5.83.